The van der Waals surface area contributed by atoms with Crippen LogP contribution in [0.4, 0.5) is 5.82 Å². The van der Waals surface area contributed by atoms with Crippen molar-refractivity contribution < 1.29 is 21.6 Å². The van der Waals surface area contributed by atoms with Crippen molar-refractivity contribution in [2.45, 2.75) is 24.9 Å². The molecule has 0 bridgehead atoms. The molecule has 3 rings (SSSR count). The van der Waals surface area contributed by atoms with Crippen LogP contribution in [-0.4, -0.2) is 74.9 Å². The Morgan fingerprint density at radius 3 is 2.28 bits per heavy atom. The molecular weight excluding hydrogens is 368 g/mol. The number of amides is 1. The van der Waals surface area contributed by atoms with Gasteiger partial charge in [0.05, 0.1) is 35.4 Å². The Morgan fingerprint density at radius 2 is 1.76 bits per heavy atom. The number of sulfone groups is 2. The van der Waals surface area contributed by atoms with Crippen molar-refractivity contribution in [1.82, 2.24) is 15.3 Å². The van der Waals surface area contributed by atoms with Crippen LogP contribution in [0.2, 0.25) is 0 Å². The van der Waals surface area contributed by atoms with Gasteiger partial charge in [-0.3, -0.25) is 4.79 Å². The standard InChI is InChI=1S/C14H20N4O5S2/c1-18(11-3-5-25(22,23)9-11)13-7-15-12(6-16-13)14(19)17-10-2-4-24(20,21)8-10/h6-7,10-11H,2-5,8-9H2,1H3,(H,17,19). The van der Waals surface area contributed by atoms with Crippen molar-refractivity contribution in [3.63, 3.8) is 0 Å². The molecule has 25 heavy (non-hydrogen) atoms. The molecule has 1 N–H and O–H groups in total. The minimum atomic E-state index is -3.07. The van der Waals surface area contributed by atoms with Crippen molar-refractivity contribution in [2.24, 2.45) is 0 Å². The molecule has 11 heteroatoms. The van der Waals surface area contributed by atoms with Crippen LogP contribution in [0.15, 0.2) is 12.4 Å². The first kappa shape index (κ1) is 18.1. The first-order chi connectivity index (χ1) is 11.7. The molecule has 2 unspecified atom stereocenters. The average Bonchev–Trinajstić information content (AvgIpc) is 3.08. The zero-order chi connectivity index (χ0) is 18.2. The van der Waals surface area contributed by atoms with Crippen LogP contribution in [0.1, 0.15) is 23.3 Å². The second-order valence-corrected chi connectivity index (χ2v) is 11.0. The summed E-state index contributed by atoms with van der Waals surface area (Å²) in [6.45, 7) is 0. The van der Waals surface area contributed by atoms with Gasteiger partial charge in [-0.15, -0.1) is 0 Å². The molecule has 138 valence electrons. The van der Waals surface area contributed by atoms with E-state index in [4.69, 9.17) is 0 Å². The smallest absolute Gasteiger partial charge is 0.271 e. The molecule has 0 radical (unpaired) electrons. The first-order valence-corrected chi connectivity index (χ1v) is 11.6. The average molecular weight is 388 g/mol. The zero-order valence-electron chi connectivity index (χ0n) is 13.8. The molecule has 1 amide bonds. The lowest BCUT2D eigenvalue weighted by Gasteiger charge is -2.24. The molecule has 3 heterocycles. The van der Waals surface area contributed by atoms with Crippen molar-refractivity contribution in [2.75, 3.05) is 35.0 Å². The molecule has 0 saturated carbocycles. The van der Waals surface area contributed by atoms with E-state index in [2.05, 4.69) is 15.3 Å². The van der Waals surface area contributed by atoms with Crippen molar-refractivity contribution in [1.29, 1.82) is 0 Å². The summed E-state index contributed by atoms with van der Waals surface area (Å²) in [5.74, 6) is 0.305. The number of carbonyl (C=O) groups is 1. The zero-order valence-corrected chi connectivity index (χ0v) is 15.4. The molecule has 2 saturated heterocycles. The Bertz CT molecular complexity index is 867. The summed E-state index contributed by atoms with van der Waals surface area (Å²) < 4.78 is 46.0. The van der Waals surface area contributed by atoms with Gasteiger partial charge in [-0.1, -0.05) is 0 Å². The molecule has 2 atom stereocenters. The lowest BCUT2D eigenvalue weighted by molar-refractivity contribution is 0.0935. The summed E-state index contributed by atoms with van der Waals surface area (Å²) in [7, 11) is -4.31. The van der Waals surface area contributed by atoms with Gasteiger partial charge in [0.2, 0.25) is 0 Å². The van der Waals surface area contributed by atoms with E-state index in [1.54, 1.807) is 11.9 Å². The highest BCUT2D eigenvalue weighted by Crippen LogP contribution is 2.20. The summed E-state index contributed by atoms with van der Waals surface area (Å²) >= 11 is 0. The van der Waals surface area contributed by atoms with E-state index in [0.717, 1.165) is 0 Å². The number of anilines is 1. The van der Waals surface area contributed by atoms with E-state index in [1.165, 1.54) is 12.4 Å². The maximum atomic E-state index is 12.1. The number of hydrogen-bond acceptors (Lipinski definition) is 8. The second kappa shape index (κ2) is 6.52. The topological polar surface area (TPSA) is 126 Å². The van der Waals surface area contributed by atoms with E-state index >= 15 is 0 Å². The summed E-state index contributed by atoms with van der Waals surface area (Å²) in [5.41, 5.74) is 0.0977. The van der Waals surface area contributed by atoms with Crippen LogP contribution in [0, 0.1) is 0 Å². The Balaban J connectivity index is 1.63. The summed E-state index contributed by atoms with van der Waals surface area (Å²) in [4.78, 5) is 22.1. The molecule has 9 nitrogen and oxygen atoms in total. The third-order valence-corrected chi connectivity index (χ3v) is 8.07. The Labute approximate surface area is 146 Å². The molecule has 1 aromatic heterocycles. The quantitative estimate of drug-likeness (QED) is 0.697. The highest BCUT2D eigenvalue weighted by atomic mass is 32.2. The van der Waals surface area contributed by atoms with Crippen molar-refractivity contribution >= 4 is 31.4 Å². The molecule has 0 aliphatic carbocycles. The second-order valence-electron chi connectivity index (χ2n) is 6.50. The van der Waals surface area contributed by atoms with E-state index < -0.39 is 31.6 Å². The van der Waals surface area contributed by atoms with Gasteiger partial charge in [-0.2, -0.15) is 0 Å². The van der Waals surface area contributed by atoms with Gasteiger partial charge in [0.15, 0.2) is 19.7 Å². The predicted molar refractivity (Wildman–Crippen MR) is 92.0 cm³/mol. The lowest BCUT2D eigenvalue weighted by atomic mass is 10.2. The lowest BCUT2D eigenvalue weighted by Crippen LogP contribution is -2.36. The minimum absolute atomic E-state index is 0.0524. The molecule has 0 spiro atoms. The molecule has 2 aliphatic heterocycles. The molecule has 0 aromatic carbocycles. The van der Waals surface area contributed by atoms with E-state index in [1.807, 2.05) is 0 Å². The maximum Gasteiger partial charge on any atom is 0.271 e. The van der Waals surface area contributed by atoms with Crippen LogP contribution in [0.5, 0.6) is 0 Å². The predicted octanol–water partition coefficient (Wildman–Crippen LogP) is -0.983. The van der Waals surface area contributed by atoms with Gasteiger partial charge in [0.25, 0.3) is 5.91 Å². The van der Waals surface area contributed by atoms with Crippen LogP contribution < -0.4 is 10.2 Å². The van der Waals surface area contributed by atoms with E-state index in [0.29, 0.717) is 18.7 Å². The van der Waals surface area contributed by atoms with E-state index in [9.17, 15) is 21.6 Å². The number of nitrogens with one attached hydrogen (secondary N) is 1. The van der Waals surface area contributed by atoms with Gasteiger partial charge >= 0.3 is 0 Å². The fraction of sp³-hybridized carbons (Fsp3) is 0.643. The van der Waals surface area contributed by atoms with Crippen molar-refractivity contribution in [3.8, 4) is 0 Å². The van der Waals surface area contributed by atoms with Gasteiger partial charge in [-0.05, 0) is 12.8 Å². The molecule has 2 aliphatic rings. The summed E-state index contributed by atoms with van der Waals surface area (Å²) in [5, 5.41) is 2.65. The minimum Gasteiger partial charge on any atom is -0.354 e. The highest BCUT2D eigenvalue weighted by Gasteiger charge is 2.32. The number of hydrogen-bond donors (Lipinski definition) is 1. The van der Waals surface area contributed by atoms with Crippen LogP contribution in [0.25, 0.3) is 0 Å². The fourth-order valence-electron chi connectivity index (χ4n) is 3.06. The monoisotopic (exact) mass is 388 g/mol. The fourth-order valence-corrected chi connectivity index (χ4v) is 6.50. The van der Waals surface area contributed by atoms with Gasteiger partial charge < -0.3 is 10.2 Å². The molecule has 1 aromatic rings. The van der Waals surface area contributed by atoms with Crippen LogP contribution in [0.3, 0.4) is 0 Å². The van der Waals surface area contributed by atoms with E-state index in [-0.39, 0.29) is 34.7 Å². The third-order valence-electron chi connectivity index (χ3n) is 4.56. The first-order valence-electron chi connectivity index (χ1n) is 7.92. The van der Waals surface area contributed by atoms with Crippen LogP contribution in [-0.2, 0) is 19.7 Å². The number of rotatable bonds is 4. The summed E-state index contributed by atoms with van der Waals surface area (Å²) in [6.07, 6.45) is 3.68. The van der Waals surface area contributed by atoms with Crippen molar-refractivity contribution in [3.05, 3.63) is 18.1 Å². The molecular formula is C14H20N4O5S2. The molecule has 2 fully saturated rings. The Kier molecular flexibility index (Phi) is 4.71. The maximum absolute atomic E-state index is 12.1. The number of nitrogens with zero attached hydrogens (tertiary/aromatic N) is 3. The van der Waals surface area contributed by atoms with Gasteiger partial charge in [0, 0.05) is 19.1 Å². The number of carbonyl (C=O) groups excluding carboxylic acids is 1. The summed E-state index contributed by atoms with van der Waals surface area (Å²) in [6, 6.07) is -0.548. The van der Waals surface area contributed by atoms with Crippen LogP contribution >= 0.6 is 0 Å². The normalized spacial score (nSPS) is 27.1. The third kappa shape index (κ3) is 4.27. The Morgan fingerprint density at radius 1 is 1.08 bits per heavy atom. The van der Waals surface area contributed by atoms with Gasteiger partial charge in [-0.25, -0.2) is 26.8 Å². The largest absolute Gasteiger partial charge is 0.354 e. The van der Waals surface area contributed by atoms with Gasteiger partial charge in [0.1, 0.15) is 11.5 Å². The Hall–Kier alpha value is -1.75. The number of aromatic nitrogens is 2. The highest BCUT2D eigenvalue weighted by molar-refractivity contribution is 7.91. The SMILES string of the molecule is CN(c1cnc(C(=O)NC2CCS(=O)(=O)C2)cn1)C1CCS(=O)(=O)C1.